The van der Waals surface area contributed by atoms with E-state index in [9.17, 15) is 15.2 Å². The first-order chi connectivity index (χ1) is 7.16. The van der Waals surface area contributed by atoms with Gasteiger partial charge in [-0.1, -0.05) is 34.8 Å². The third-order valence-electron chi connectivity index (χ3n) is 1.95. The topological polar surface area (TPSA) is 63.4 Å². The lowest BCUT2D eigenvalue weighted by molar-refractivity contribution is -0.384. The third-order valence-corrected chi connectivity index (χ3v) is 3.10. The summed E-state index contributed by atoms with van der Waals surface area (Å²) in [7, 11) is 0. The van der Waals surface area contributed by atoms with Crippen LogP contribution in [-0.2, 0) is 5.60 Å². The van der Waals surface area contributed by atoms with Crippen molar-refractivity contribution in [3.63, 3.8) is 0 Å². The molecule has 1 N–H and O–H groups in total. The number of nitro benzene ring substituents is 1. The Bertz CT molecular complexity index is 454. The zero-order chi connectivity index (χ0) is 12.7. The Labute approximate surface area is 107 Å². The van der Waals surface area contributed by atoms with Gasteiger partial charge >= 0.3 is 0 Å². The molecule has 0 saturated carbocycles. The fourth-order valence-corrected chi connectivity index (χ4v) is 2.40. The second-order valence-corrected chi connectivity index (χ2v) is 4.86. The van der Waals surface area contributed by atoms with Crippen LogP contribution in [0.15, 0.2) is 6.07 Å². The Morgan fingerprint density at radius 2 is 1.81 bits per heavy atom. The SMILES string of the molecule is CC(C)(O)c1c(Cl)cc([N+](=O)[O-])c(Cl)c1Cl. The second kappa shape index (κ2) is 4.37. The van der Waals surface area contributed by atoms with Crippen molar-refractivity contribution in [3.8, 4) is 0 Å². The first kappa shape index (κ1) is 13.5. The van der Waals surface area contributed by atoms with Crippen LogP contribution in [0.2, 0.25) is 15.1 Å². The van der Waals surface area contributed by atoms with Crippen LogP contribution in [0.1, 0.15) is 19.4 Å². The molecule has 0 radical (unpaired) electrons. The van der Waals surface area contributed by atoms with Crippen molar-refractivity contribution < 1.29 is 10.0 Å². The molecular weight excluding hydrogens is 276 g/mol. The minimum atomic E-state index is -1.33. The highest BCUT2D eigenvalue weighted by Crippen LogP contribution is 2.43. The molecule has 0 bridgehead atoms. The van der Waals surface area contributed by atoms with Crippen molar-refractivity contribution in [1.82, 2.24) is 0 Å². The Kier molecular flexibility index (Phi) is 3.69. The molecule has 1 aromatic carbocycles. The van der Waals surface area contributed by atoms with Gasteiger partial charge in [-0.2, -0.15) is 0 Å². The van der Waals surface area contributed by atoms with Crippen LogP contribution in [0.4, 0.5) is 5.69 Å². The minimum Gasteiger partial charge on any atom is -0.386 e. The summed E-state index contributed by atoms with van der Waals surface area (Å²) in [5.74, 6) is 0. The maximum absolute atomic E-state index is 10.6. The standard InChI is InChI=1S/C9H8Cl3NO3/c1-9(2,14)6-4(10)3-5(13(15)16)7(11)8(6)12/h3,14H,1-2H3. The van der Waals surface area contributed by atoms with E-state index < -0.39 is 10.5 Å². The smallest absolute Gasteiger partial charge is 0.290 e. The molecule has 0 aromatic heterocycles. The van der Waals surface area contributed by atoms with E-state index in [1.807, 2.05) is 0 Å². The molecule has 0 spiro atoms. The molecule has 0 aliphatic heterocycles. The van der Waals surface area contributed by atoms with E-state index in [-0.39, 0.29) is 26.3 Å². The summed E-state index contributed by atoms with van der Waals surface area (Å²) in [6, 6.07) is 1.07. The number of nitro groups is 1. The van der Waals surface area contributed by atoms with Gasteiger partial charge in [-0.3, -0.25) is 10.1 Å². The molecule has 88 valence electrons. The predicted molar refractivity (Wildman–Crippen MR) is 63.4 cm³/mol. The Balaban J connectivity index is 3.59. The van der Waals surface area contributed by atoms with Crippen LogP contribution in [-0.4, -0.2) is 10.0 Å². The second-order valence-electron chi connectivity index (χ2n) is 3.70. The number of aliphatic hydroxyl groups is 1. The van der Waals surface area contributed by atoms with E-state index >= 15 is 0 Å². The summed E-state index contributed by atoms with van der Waals surface area (Å²) in [5.41, 5.74) is -1.54. The zero-order valence-electron chi connectivity index (χ0n) is 8.42. The largest absolute Gasteiger partial charge is 0.386 e. The van der Waals surface area contributed by atoms with E-state index in [0.717, 1.165) is 6.07 Å². The molecule has 1 rings (SSSR count). The van der Waals surface area contributed by atoms with Gasteiger partial charge in [0.1, 0.15) is 5.02 Å². The summed E-state index contributed by atoms with van der Waals surface area (Å²) in [4.78, 5) is 9.94. The average molecular weight is 285 g/mol. The number of benzene rings is 1. The number of hydrogen-bond acceptors (Lipinski definition) is 3. The van der Waals surface area contributed by atoms with E-state index in [1.54, 1.807) is 0 Å². The molecule has 4 nitrogen and oxygen atoms in total. The molecule has 0 atom stereocenters. The fraction of sp³-hybridized carbons (Fsp3) is 0.333. The molecule has 0 aliphatic rings. The lowest BCUT2D eigenvalue weighted by Crippen LogP contribution is -2.17. The molecular formula is C9H8Cl3NO3. The van der Waals surface area contributed by atoms with Crippen LogP contribution >= 0.6 is 34.8 Å². The number of nitrogens with zero attached hydrogens (tertiary/aromatic N) is 1. The van der Waals surface area contributed by atoms with Crippen LogP contribution in [0.25, 0.3) is 0 Å². The third kappa shape index (κ3) is 2.40. The van der Waals surface area contributed by atoms with Gasteiger partial charge in [0.05, 0.1) is 20.6 Å². The van der Waals surface area contributed by atoms with Crippen molar-refractivity contribution in [2.45, 2.75) is 19.4 Å². The van der Waals surface area contributed by atoms with Crippen LogP contribution in [0.5, 0.6) is 0 Å². The van der Waals surface area contributed by atoms with Gasteiger partial charge in [-0.05, 0) is 13.8 Å². The molecule has 0 amide bonds. The van der Waals surface area contributed by atoms with Crippen LogP contribution < -0.4 is 0 Å². The summed E-state index contributed by atoms with van der Waals surface area (Å²) in [6.07, 6.45) is 0. The Morgan fingerprint density at radius 1 is 1.31 bits per heavy atom. The van der Waals surface area contributed by atoms with Crippen molar-refractivity contribution in [1.29, 1.82) is 0 Å². The number of rotatable bonds is 2. The Hall–Kier alpha value is -0.550. The van der Waals surface area contributed by atoms with Gasteiger partial charge < -0.3 is 5.11 Å². The van der Waals surface area contributed by atoms with Gasteiger partial charge in [0.15, 0.2) is 0 Å². The number of hydrogen-bond donors (Lipinski definition) is 1. The van der Waals surface area contributed by atoms with E-state index in [0.29, 0.717) is 0 Å². The molecule has 0 heterocycles. The van der Waals surface area contributed by atoms with Gasteiger partial charge in [0.25, 0.3) is 5.69 Å². The molecule has 0 saturated heterocycles. The molecule has 7 heteroatoms. The molecule has 16 heavy (non-hydrogen) atoms. The Morgan fingerprint density at radius 3 is 2.19 bits per heavy atom. The van der Waals surface area contributed by atoms with Gasteiger partial charge in [0, 0.05) is 11.6 Å². The average Bonchev–Trinajstić information content (AvgIpc) is 2.08. The monoisotopic (exact) mass is 283 g/mol. The highest BCUT2D eigenvalue weighted by Gasteiger charge is 2.29. The lowest BCUT2D eigenvalue weighted by Gasteiger charge is -2.21. The van der Waals surface area contributed by atoms with Gasteiger partial charge in [-0.15, -0.1) is 0 Å². The zero-order valence-corrected chi connectivity index (χ0v) is 10.7. The fourth-order valence-electron chi connectivity index (χ4n) is 1.28. The van der Waals surface area contributed by atoms with Crippen molar-refractivity contribution in [2.24, 2.45) is 0 Å². The first-order valence-electron chi connectivity index (χ1n) is 4.21. The maximum Gasteiger partial charge on any atom is 0.290 e. The minimum absolute atomic E-state index is 0.00796. The van der Waals surface area contributed by atoms with E-state index in [1.165, 1.54) is 13.8 Å². The highest BCUT2D eigenvalue weighted by molar-refractivity contribution is 6.45. The van der Waals surface area contributed by atoms with Gasteiger partial charge in [0.2, 0.25) is 0 Å². The highest BCUT2D eigenvalue weighted by atomic mass is 35.5. The van der Waals surface area contributed by atoms with E-state index in [2.05, 4.69) is 0 Å². The molecule has 1 aromatic rings. The van der Waals surface area contributed by atoms with Crippen molar-refractivity contribution in [3.05, 3.63) is 36.8 Å². The lowest BCUT2D eigenvalue weighted by atomic mass is 9.98. The molecule has 0 unspecified atom stereocenters. The van der Waals surface area contributed by atoms with Crippen LogP contribution in [0, 0.1) is 10.1 Å². The van der Waals surface area contributed by atoms with Gasteiger partial charge in [-0.25, -0.2) is 0 Å². The van der Waals surface area contributed by atoms with Crippen molar-refractivity contribution in [2.75, 3.05) is 0 Å². The molecule has 0 aliphatic carbocycles. The first-order valence-corrected chi connectivity index (χ1v) is 5.34. The summed E-state index contributed by atoms with van der Waals surface area (Å²) < 4.78 is 0. The van der Waals surface area contributed by atoms with Crippen molar-refractivity contribution >= 4 is 40.5 Å². The van der Waals surface area contributed by atoms with E-state index in [4.69, 9.17) is 34.8 Å². The maximum atomic E-state index is 10.6. The normalized spacial score (nSPS) is 11.6. The summed E-state index contributed by atoms with van der Waals surface area (Å²) in [5, 5.41) is 20.1. The van der Waals surface area contributed by atoms with Crippen LogP contribution in [0.3, 0.4) is 0 Å². The molecule has 0 fully saturated rings. The summed E-state index contributed by atoms with van der Waals surface area (Å²) in [6.45, 7) is 2.92. The quantitative estimate of drug-likeness (QED) is 0.510. The summed E-state index contributed by atoms with van der Waals surface area (Å²) >= 11 is 17.4. The predicted octanol–water partition coefficient (Wildman–Crippen LogP) is 3.78. The number of halogens is 3.